The molecule has 1 N–H and O–H groups in total. The number of hydrogen-bond acceptors (Lipinski definition) is 3. The molecule has 3 atom stereocenters. The molecular weight excluding hydrogens is 441 g/mol. The summed E-state index contributed by atoms with van der Waals surface area (Å²) >= 11 is 0. The van der Waals surface area contributed by atoms with Crippen molar-refractivity contribution in [3.05, 3.63) is 0 Å². The van der Waals surface area contributed by atoms with Gasteiger partial charge in [0.2, 0.25) is 0 Å². The number of aliphatic imine (C=N–C) groups is 1. The van der Waals surface area contributed by atoms with Gasteiger partial charge < -0.3 is 19.7 Å². The lowest BCUT2D eigenvalue weighted by molar-refractivity contribution is -0.126. The van der Waals surface area contributed by atoms with Crippen LogP contribution in [0.25, 0.3) is 0 Å². The molecule has 4 fully saturated rings. The fourth-order valence-corrected chi connectivity index (χ4v) is 5.72. The SMILES string of the molecule is CCN=C(NC1CC(OCC)C12CCCC2)N1CCC2(CCOC2)C1.I. The minimum atomic E-state index is 0. The Morgan fingerprint density at radius 1 is 1.23 bits per heavy atom. The number of nitrogens with zero attached hydrogens (tertiary/aromatic N) is 2. The Morgan fingerprint density at radius 3 is 2.69 bits per heavy atom. The second-order valence-corrected chi connectivity index (χ2v) is 8.59. The molecule has 0 aromatic carbocycles. The van der Waals surface area contributed by atoms with Crippen molar-refractivity contribution in [3.8, 4) is 0 Å². The third-order valence-corrected chi connectivity index (χ3v) is 7.22. The topological polar surface area (TPSA) is 46.1 Å². The molecule has 4 aliphatic rings. The summed E-state index contributed by atoms with van der Waals surface area (Å²) in [5.74, 6) is 1.14. The zero-order valence-corrected chi connectivity index (χ0v) is 18.8. The van der Waals surface area contributed by atoms with Crippen LogP contribution in [0, 0.1) is 10.8 Å². The lowest BCUT2D eigenvalue weighted by Crippen LogP contribution is -2.65. The first-order valence-electron chi connectivity index (χ1n) is 10.5. The van der Waals surface area contributed by atoms with Crippen molar-refractivity contribution in [2.24, 2.45) is 15.8 Å². The van der Waals surface area contributed by atoms with E-state index in [1.165, 1.54) is 38.5 Å². The number of likely N-dealkylation sites (tertiary alicyclic amines) is 1. The number of ether oxygens (including phenoxy) is 2. The van der Waals surface area contributed by atoms with E-state index < -0.39 is 0 Å². The van der Waals surface area contributed by atoms with Crippen molar-refractivity contribution >= 4 is 29.9 Å². The van der Waals surface area contributed by atoms with Crippen LogP contribution in [0.4, 0.5) is 0 Å². The van der Waals surface area contributed by atoms with Crippen molar-refractivity contribution in [2.75, 3.05) is 39.5 Å². The molecule has 2 heterocycles. The first-order valence-corrected chi connectivity index (χ1v) is 10.5. The molecule has 0 radical (unpaired) electrons. The number of halogens is 1. The van der Waals surface area contributed by atoms with Crippen molar-refractivity contribution in [3.63, 3.8) is 0 Å². The van der Waals surface area contributed by atoms with E-state index in [0.29, 0.717) is 23.0 Å². The summed E-state index contributed by atoms with van der Waals surface area (Å²) in [7, 11) is 0. The molecule has 0 amide bonds. The molecular formula is C20H36IN3O2. The van der Waals surface area contributed by atoms with Gasteiger partial charge in [-0.05, 0) is 46.0 Å². The van der Waals surface area contributed by atoms with Crippen LogP contribution in [0.5, 0.6) is 0 Å². The molecule has 150 valence electrons. The quantitative estimate of drug-likeness (QED) is 0.383. The van der Waals surface area contributed by atoms with Gasteiger partial charge in [0.25, 0.3) is 0 Å². The van der Waals surface area contributed by atoms with E-state index in [0.717, 1.165) is 51.8 Å². The molecule has 2 aliphatic heterocycles. The zero-order chi connectivity index (χ0) is 17.3. The lowest BCUT2D eigenvalue weighted by atomic mass is 9.60. The highest BCUT2D eigenvalue weighted by Crippen LogP contribution is 2.54. The lowest BCUT2D eigenvalue weighted by Gasteiger charge is -2.54. The monoisotopic (exact) mass is 477 g/mol. The number of nitrogens with one attached hydrogen (secondary N) is 1. The summed E-state index contributed by atoms with van der Waals surface area (Å²) < 4.78 is 11.8. The van der Waals surface area contributed by atoms with Crippen LogP contribution in [0.3, 0.4) is 0 Å². The fourth-order valence-electron chi connectivity index (χ4n) is 5.72. The van der Waals surface area contributed by atoms with Gasteiger partial charge in [-0.15, -0.1) is 24.0 Å². The minimum absolute atomic E-state index is 0. The number of guanidine groups is 1. The summed E-state index contributed by atoms with van der Waals surface area (Å²) in [4.78, 5) is 7.35. The van der Waals surface area contributed by atoms with Gasteiger partial charge in [-0.1, -0.05) is 12.8 Å². The van der Waals surface area contributed by atoms with Crippen LogP contribution >= 0.6 is 24.0 Å². The van der Waals surface area contributed by atoms with Crippen molar-refractivity contribution in [2.45, 2.75) is 70.9 Å². The maximum absolute atomic E-state index is 6.08. The molecule has 5 nitrogen and oxygen atoms in total. The van der Waals surface area contributed by atoms with Crippen LogP contribution < -0.4 is 5.32 Å². The summed E-state index contributed by atoms with van der Waals surface area (Å²) in [5, 5.41) is 3.88. The van der Waals surface area contributed by atoms with Gasteiger partial charge in [0.05, 0.1) is 12.7 Å². The third-order valence-electron chi connectivity index (χ3n) is 7.22. The first kappa shape index (κ1) is 20.6. The van der Waals surface area contributed by atoms with Crippen molar-refractivity contribution in [1.82, 2.24) is 10.2 Å². The van der Waals surface area contributed by atoms with Crippen LogP contribution in [0.15, 0.2) is 4.99 Å². The number of hydrogen-bond donors (Lipinski definition) is 1. The highest BCUT2D eigenvalue weighted by Gasteiger charge is 2.57. The molecule has 4 rings (SSSR count). The van der Waals surface area contributed by atoms with Gasteiger partial charge in [0.15, 0.2) is 5.96 Å². The second-order valence-electron chi connectivity index (χ2n) is 8.59. The van der Waals surface area contributed by atoms with Gasteiger partial charge in [-0.3, -0.25) is 4.99 Å². The van der Waals surface area contributed by atoms with E-state index in [1.54, 1.807) is 0 Å². The zero-order valence-electron chi connectivity index (χ0n) is 16.5. The van der Waals surface area contributed by atoms with E-state index in [9.17, 15) is 0 Å². The van der Waals surface area contributed by atoms with E-state index in [1.807, 2.05) is 0 Å². The Balaban J connectivity index is 0.00000196. The second kappa shape index (κ2) is 8.52. The van der Waals surface area contributed by atoms with Gasteiger partial charge in [-0.2, -0.15) is 0 Å². The Hall–Kier alpha value is -0.0800. The van der Waals surface area contributed by atoms with Crippen LogP contribution in [0.1, 0.15) is 58.8 Å². The number of rotatable bonds is 4. The van der Waals surface area contributed by atoms with E-state index >= 15 is 0 Å². The molecule has 2 spiro atoms. The van der Waals surface area contributed by atoms with Gasteiger partial charge in [0, 0.05) is 49.7 Å². The first-order chi connectivity index (χ1) is 12.2. The Kier molecular flexibility index (Phi) is 6.76. The summed E-state index contributed by atoms with van der Waals surface area (Å²) in [6.45, 7) is 10.0. The highest BCUT2D eigenvalue weighted by molar-refractivity contribution is 14.0. The largest absolute Gasteiger partial charge is 0.381 e. The molecule has 2 saturated heterocycles. The smallest absolute Gasteiger partial charge is 0.194 e. The predicted molar refractivity (Wildman–Crippen MR) is 115 cm³/mol. The minimum Gasteiger partial charge on any atom is -0.381 e. The maximum Gasteiger partial charge on any atom is 0.194 e. The molecule has 2 saturated carbocycles. The van der Waals surface area contributed by atoms with E-state index in [2.05, 4.69) is 24.1 Å². The standard InChI is InChI=1S/C20H35N3O2.HI/c1-3-21-18(23-11-9-19(14-23)10-12-24-15-19)22-16-13-17(25-4-2)20(16)7-5-6-8-20;/h16-17H,3-15H2,1-2H3,(H,21,22);1H. The van der Waals surface area contributed by atoms with E-state index in [4.69, 9.17) is 14.5 Å². The van der Waals surface area contributed by atoms with Gasteiger partial charge in [0.1, 0.15) is 0 Å². The summed E-state index contributed by atoms with van der Waals surface area (Å²) in [6.07, 6.45) is 9.38. The molecule has 6 heteroatoms. The normalized spacial score (nSPS) is 35.8. The van der Waals surface area contributed by atoms with Crippen molar-refractivity contribution < 1.29 is 9.47 Å². The Bertz CT molecular complexity index is 501. The van der Waals surface area contributed by atoms with Crippen LogP contribution in [0.2, 0.25) is 0 Å². The average Bonchev–Trinajstić information content (AvgIpc) is 3.36. The van der Waals surface area contributed by atoms with Crippen molar-refractivity contribution in [1.29, 1.82) is 0 Å². The maximum atomic E-state index is 6.08. The predicted octanol–water partition coefficient (Wildman–Crippen LogP) is 3.42. The summed E-state index contributed by atoms with van der Waals surface area (Å²) in [6, 6.07) is 0.535. The molecule has 0 aromatic rings. The Labute approximate surface area is 175 Å². The van der Waals surface area contributed by atoms with Gasteiger partial charge >= 0.3 is 0 Å². The fraction of sp³-hybridized carbons (Fsp3) is 0.950. The average molecular weight is 477 g/mol. The van der Waals surface area contributed by atoms with E-state index in [-0.39, 0.29) is 24.0 Å². The third kappa shape index (κ3) is 3.62. The highest BCUT2D eigenvalue weighted by atomic mass is 127. The molecule has 3 unspecified atom stereocenters. The molecule has 0 bridgehead atoms. The molecule has 2 aliphatic carbocycles. The van der Waals surface area contributed by atoms with Crippen LogP contribution in [-0.4, -0.2) is 62.5 Å². The Morgan fingerprint density at radius 2 is 2.04 bits per heavy atom. The van der Waals surface area contributed by atoms with Crippen LogP contribution in [-0.2, 0) is 9.47 Å². The summed E-state index contributed by atoms with van der Waals surface area (Å²) in [5.41, 5.74) is 0.743. The molecule has 0 aromatic heterocycles. The molecule has 26 heavy (non-hydrogen) atoms. The van der Waals surface area contributed by atoms with Gasteiger partial charge in [-0.25, -0.2) is 0 Å².